The first-order valence-electron chi connectivity index (χ1n) is 5.95. The first-order valence-corrected chi connectivity index (χ1v) is 5.95. The van der Waals surface area contributed by atoms with Gasteiger partial charge in [-0.05, 0) is 19.1 Å². The van der Waals surface area contributed by atoms with Crippen molar-refractivity contribution in [3.8, 4) is 0 Å². The molecule has 0 aromatic carbocycles. The van der Waals surface area contributed by atoms with E-state index in [1.54, 1.807) is 13.1 Å². The van der Waals surface area contributed by atoms with Gasteiger partial charge in [-0.1, -0.05) is 6.07 Å². The fraction of sp³-hybridized carbons (Fsp3) is 0.385. The molecule has 0 N–H and O–H groups in total. The van der Waals surface area contributed by atoms with Gasteiger partial charge in [-0.25, -0.2) is 4.98 Å². The van der Waals surface area contributed by atoms with Crippen LogP contribution in [0, 0.1) is 0 Å². The SMILES string of the molecule is CCOC(=O)CCOCc1cccc2nccn12. The third-order valence-corrected chi connectivity index (χ3v) is 2.52. The highest BCUT2D eigenvalue weighted by molar-refractivity contribution is 5.69. The minimum absolute atomic E-state index is 0.224. The summed E-state index contributed by atoms with van der Waals surface area (Å²) in [6.07, 6.45) is 3.92. The number of ether oxygens (including phenoxy) is 2. The summed E-state index contributed by atoms with van der Waals surface area (Å²) in [6, 6.07) is 5.84. The predicted molar refractivity (Wildman–Crippen MR) is 66.1 cm³/mol. The van der Waals surface area contributed by atoms with E-state index in [2.05, 4.69) is 4.98 Å². The quantitative estimate of drug-likeness (QED) is 0.578. The van der Waals surface area contributed by atoms with Gasteiger partial charge in [0, 0.05) is 18.1 Å². The van der Waals surface area contributed by atoms with Crippen LogP contribution in [0.4, 0.5) is 0 Å². The van der Waals surface area contributed by atoms with Gasteiger partial charge in [-0.2, -0.15) is 0 Å². The average Bonchev–Trinajstić information content (AvgIpc) is 2.84. The second-order valence-corrected chi connectivity index (χ2v) is 3.78. The molecule has 5 heteroatoms. The number of hydrogen-bond donors (Lipinski definition) is 0. The molecule has 5 nitrogen and oxygen atoms in total. The Morgan fingerprint density at radius 3 is 3.17 bits per heavy atom. The lowest BCUT2D eigenvalue weighted by atomic mass is 10.3. The Morgan fingerprint density at radius 1 is 1.44 bits per heavy atom. The molecule has 0 aliphatic rings. The maximum atomic E-state index is 11.1. The van der Waals surface area contributed by atoms with Gasteiger partial charge in [-0.3, -0.25) is 4.79 Å². The maximum absolute atomic E-state index is 11.1. The van der Waals surface area contributed by atoms with Gasteiger partial charge in [0.1, 0.15) is 5.65 Å². The molecule has 0 amide bonds. The van der Waals surface area contributed by atoms with Crippen LogP contribution in [-0.4, -0.2) is 28.6 Å². The van der Waals surface area contributed by atoms with Crippen molar-refractivity contribution in [3.63, 3.8) is 0 Å². The molecule has 2 aromatic rings. The van der Waals surface area contributed by atoms with E-state index in [0.29, 0.717) is 19.8 Å². The number of carbonyl (C=O) groups excluding carboxylic acids is 1. The van der Waals surface area contributed by atoms with Crippen molar-refractivity contribution in [1.29, 1.82) is 0 Å². The van der Waals surface area contributed by atoms with Gasteiger partial charge in [-0.15, -0.1) is 0 Å². The van der Waals surface area contributed by atoms with Crippen molar-refractivity contribution >= 4 is 11.6 Å². The molecule has 2 rings (SSSR count). The van der Waals surface area contributed by atoms with Gasteiger partial charge in [0.15, 0.2) is 0 Å². The lowest BCUT2D eigenvalue weighted by Gasteiger charge is -2.06. The van der Waals surface area contributed by atoms with Gasteiger partial charge < -0.3 is 13.9 Å². The maximum Gasteiger partial charge on any atom is 0.308 e. The van der Waals surface area contributed by atoms with Crippen molar-refractivity contribution in [3.05, 3.63) is 36.3 Å². The summed E-state index contributed by atoms with van der Waals surface area (Å²) in [4.78, 5) is 15.3. The first-order chi connectivity index (χ1) is 8.81. The van der Waals surface area contributed by atoms with Gasteiger partial charge in [0.25, 0.3) is 0 Å². The lowest BCUT2D eigenvalue weighted by molar-refractivity contribution is -0.144. The lowest BCUT2D eigenvalue weighted by Crippen LogP contribution is -2.08. The van der Waals surface area contributed by atoms with Crippen LogP contribution in [0.15, 0.2) is 30.6 Å². The summed E-state index contributed by atoms with van der Waals surface area (Å²) in [5.41, 5.74) is 1.90. The van der Waals surface area contributed by atoms with Crippen molar-refractivity contribution in [2.24, 2.45) is 0 Å². The number of aromatic nitrogens is 2. The van der Waals surface area contributed by atoms with E-state index in [0.717, 1.165) is 11.3 Å². The highest BCUT2D eigenvalue weighted by atomic mass is 16.5. The Morgan fingerprint density at radius 2 is 2.33 bits per heavy atom. The predicted octanol–water partition coefficient (Wildman–Crippen LogP) is 1.80. The highest BCUT2D eigenvalue weighted by Gasteiger charge is 2.03. The molecular weight excluding hydrogens is 232 g/mol. The standard InChI is InChI=1S/C13H16N2O3/c1-2-18-13(16)6-9-17-10-11-4-3-5-12-14-7-8-15(11)12/h3-5,7-8H,2,6,9-10H2,1H3. The second-order valence-electron chi connectivity index (χ2n) is 3.78. The third kappa shape index (κ3) is 3.07. The summed E-state index contributed by atoms with van der Waals surface area (Å²) >= 11 is 0. The summed E-state index contributed by atoms with van der Waals surface area (Å²) in [6.45, 7) is 3.02. The minimum Gasteiger partial charge on any atom is -0.466 e. The van der Waals surface area contributed by atoms with E-state index < -0.39 is 0 Å². The van der Waals surface area contributed by atoms with Crippen molar-refractivity contribution in [2.75, 3.05) is 13.2 Å². The normalized spacial score (nSPS) is 10.7. The number of fused-ring (bicyclic) bond motifs is 1. The van der Waals surface area contributed by atoms with Crippen LogP contribution in [0.25, 0.3) is 5.65 Å². The number of esters is 1. The Hall–Kier alpha value is -1.88. The van der Waals surface area contributed by atoms with E-state index in [-0.39, 0.29) is 12.4 Å². The molecule has 2 aromatic heterocycles. The van der Waals surface area contributed by atoms with Crippen LogP contribution in [-0.2, 0) is 20.9 Å². The minimum atomic E-state index is -0.224. The van der Waals surface area contributed by atoms with E-state index >= 15 is 0 Å². The van der Waals surface area contributed by atoms with Crippen LogP contribution in [0.3, 0.4) is 0 Å². The molecule has 0 saturated heterocycles. The first kappa shape index (κ1) is 12.6. The van der Waals surface area contributed by atoms with Crippen molar-refractivity contribution in [1.82, 2.24) is 9.38 Å². The van der Waals surface area contributed by atoms with Crippen molar-refractivity contribution in [2.45, 2.75) is 20.0 Å². The number of pyridine rings is 1. The molecule has 0 aliphatic carbocycles. The Balaban J connectivity index is 1.83. The van der Waals surface area contributed by atoms with Crippen molar-refractivity contribution < 1.29 is 14.3 Å². The molecule has 2 heterocycles. The molecule has 0 radical (unpaired) electrons. The monoisotopic (exact) mass is 248 g/mol. The molecule has 0 atom stereocenters. The van der Waals surface area contributed by atoms with E-state index in [4.69, 9.17) is 9.47 Å². The molecule has 96 valence electrons. The van der Waals surface area contributed by atoms with Crippen LogP contribution in [0.2, 0.25) is 0 Å². The molecule has 0 aliphatic heterocycles. The van der Waals surface area contributed by atoms with E-state index in [1.807, 2.05) is 28.8 Å². The van der Waals surface area contributed by atoms with E-state index in [1.165, 1.54) is 0 Å². The average molecular weight is 248 g/mol. The number of nitrogens with zero attached hydrogens (tertiary/aromatic N) is 2. The molecule has 0 saturated carbocycles. The second kappa shape index (κ2) is 6.16. The topological polar surface area (TPSA) is 52.8 Å². The molecular formula is C13H16N2O3. The summed E-state index contributed by atoms with van der Waals surface area (Å²) in [5.74, 6) is -0.224. The zero-order valence-electron chi connectivity index (χ0n) is 10.3. The van der Waals surface area contributed by atoms with E-state index in [9.17, 15) is 4.79 Å². The summed E-state index contributed by atoms with van der Waals surface area (Å²) < 4.78 is 12.2. The van der Waals surface area contributed by atoms with Crippen LogP contribution < -0.4 is 0 Å². The Kier molecular flexibility index (Phi) is 4.30. The molecule has 0 bridgehead atoms. The highest BCUT2D eigenvalue weighted by Crippen LogP contribution is 2.07. The summed E-state index contributed by atoms with van der Waals surface area (Å²) in [5, 5.41) is 0. The third-order valence-electron chi connectivity index (χ3n) is 2.52. The van der Waals surface area contributed by atoms with Gasteiger partial charge in [0.05, 0.1) is 26.2 Å². The number of hydrogen-bond acceptors (Lipinski definition) is 4. The zero-order valence-corrected chi connectivity index (χ0v) is 10.3. The smallest absolute Gasteiger partial charge is 0.308 e. The van der Waals surface area contributed by atoms with Crippen LogP contribution >= 0.6 is 0 Å². The molecule has 0 spiro atoms. The fourth-order valence-electron chi connectivity index (χ4n) is 1.69. The van der Waals surface area contributed by atoms with Crippen LogP contribution in [0.1, 0.15) is 19.0 Å². The number of rotatable bonds is 6. The molecule has 18 heavy (non-hydrogen) atoms. The Labute approximate surface area is 105 Å². The summed E-state index contributed by atoms with van der Waals surface area (Å²) in [7, 11) is 0. The van der Waals surface area contributed by atoms with Gasteiger partial charge in [0.2, 0.25) is 0 Å². The fourth-order valence-corrected chi connectivity index (χ4v) is 1.69. The zero-order chi connectivity index (χ0) is 12.8. The molecule has 0 unspecified atom stereocenters. The largest absolute Gasteiger partial charge is 0.466 e. The Bertz CT molecular complexity index is 522. The van der Waals surface area contributed by atoms with Crippen LogP contribution in [0.5, 0.6) is 0 Å². The molecule has 0 fully saturated rings. The van der Waals surface area contributed by atoms with Gasteiger partial charge >= 0.3 is 5.97 Å². The number of imidazole rings is 1. The number of carbonyl (C=O) groups is 1.